The second-order valence-corrected chi connectivity index (χ2v) is 3.45. The van der Waals surface area contributed by atoms with Crippen LogP contribution in [-0.4, -0.2) is 4.98 Å². The van der Waals surface area contributed by atoms with Gasteiger partial charge in [-0.2, -0.15) is 0 Å². The molecule has 0 aliphatic rings. The van der Waals surface area contributed by atoms with Crippen LogP contribution in [0.5, 0.6) is 5.75 Å². The van der Waals surface area contributed by atoms with Crippen LogP contribution in [0.4, 0.5) is 0 Å². The number of hydrogen-bond acceptors (Lipinski definition) is 3. The Hall–Kier alpha value is -1.87. The minimum atomic E-state index is 0.487. The summed E-state index contributed by atoms with van der Waals surface area (Å²) in [4.78, 5) is 4.04. The van der Waals surface area contributed by atoms with Crippen LogP contribution in [0.2, 0.25) is 0 Å². The van der Waals surface area contributed by atoms with Gasteiger partial charge in [-0.1, -0.05) is 18.2 Å². The van der Waals surface area contributed by atoms with Crippen LogP contribution in [0.1, 0.15) is 11.1 Å². The van der Waals surface area contributed by atoms with Crippen molar-refractivity contribution in [3.63, 3.8) is 0 Å². The Bertz CT molecular complexity index is 443. The van der Waals surface area contributed by atoms with E-state index in [0.717, 1.165) is 16.9 Å². The number of benzene rings is 1. The van der Waals surface area contributed by atoms with Crippen LogP contribution in [0, 0.1) is 0 Å². The number of nitrogens with zero attached hydrogens (tertiary/aromatic N) is 1. The Morgan fingerprint density at radius 2 is 1.88 bits per heavy atom. The number of pyridine rings is 1. The van der Waals surface area contributed by atoms with E-state index in [2.05, 4.69) is 4.98 Å². The molecular weight excluding hydrogens is 200 g/mol. The van der Waals surface area contributed by atoms with Crippen molar-refractivity contribution in [1.82, 2.24) is 4.98 Å². The normalized spacial score (nSPS) is 10.1. The molecule has 0 fully saturated rings. The molecule has 0 bridgehead atoms. The highest BCUT2D eigenvalue weighted by molar-refractivity contribution is 5.25. The van der Waals surface area contributed by atoms with E-state index in [0.29, 0.717) is 13.2 Å². The first-order valence-corrected chi connectivity index (χ1v) is 5.20. The van der Waals surface area contributed by atoms with Crippen LogP contribution >= 0.6 is 0 Å². The smallest absolute Gasteiger partial charge is 0.119 e. The van der Waals surface area contributed by atoms with E-state index < -0.39 is 0 Å². The maximum absolute atomic E-state index is 5.65. The Morgan fingerprint density at radius 1 is 1.06 bits per heavy atom. The summed E-state index contributed by atoms with van der Waals surface area (Å²) < 4.78 is 5.65. The van der Waals surface area contributed by atoms with Crippen molar-refractivity contribution in [3.8, 4) is 5.75 Å². The van der Waals surface area contributed by atoms with Gasteiger partial charge in [0.15, 0.2) is 0 Å². The molecule has 2 rings (SSSR count). The molecule has 3 heteroatoms. The third kappa shape index (κ3) is 2.58. The molecule has 1 aromatic carbocycles. The average Bonchev–Trinajstić information content (AvgIpc) is 2.38. The fourth-order valence-electron chi connectivity index (χ4n) is 1.46. The third-order valence-electron chi connectivity index (χ3n) is 2.36. The van der Waals surface area contributed by atoms with Gasteiger partial charge in [-0.05, 0) is 29.3 Å². The minimum absolute atomic E-state index is 0.487. The molecule has 0 amide bonds. The largest absolute Gasteiger partial charge is 0.489 e. The summed E-state index contributed by atoms with van der Waals surface area (Å²) in [6, 6.07) is 11.7. The monoisotopic (exact) mass is 214 g/mol. The summed E-state index contributed by atoms with van der Waals surface area (Å²) in [5, 5.41) is 0. The number of nitrogens with two attached hydrogens (primary N) is 1. The molecule has 1 heterocycles. The summed E-state index contributed by atoms with van der Waals surface area (Å²) in [6.07, 6.45) is 3.53. The molecule has 16 heavy (non-hydrogen) atoms. The van der Waals surface area contributed by atoms with Crippen molar-refractivity contribution in [3.05, 3.63) is 59.9 Å². The molecule has 3 nitrogen and oxygen atoms in total. The fourth-order valence-corrected chi connectivity index (χ4v) is 1.46. The van der Waals surface area contributed by atoms with E-state index >= 15 is 0 Å². The van der Waals surface area contributed by atoms with E-state index in [1.165, 1.54) is 0 Å². The van der Waals surface area contributed by atoms with E-state index in [4.69, 9.17) is 10.5 Å². The van der Waals surface area contributed by atoms with Gasteiger partial charge in [0.05, 0.1) is 0 Å². The zero-order chi connectivity index (χ0) is 11.2. The molecule has 0 saturated carbocycles. The predicted molar refractivity (Wildman–Crippen MR) is 62.9 cm³/mol. The second-order valence-electron chi connectivity index (χ2n) is 3.45. The summed E-state index contributed by atoms with van der Waals surface area (Å²) in [5.74, 6) is 0.863. The van der Waals surface area contributed by atoms with Gasteiger partial charge in [-0.15, -0.1) is 0 Å². The van der Waals surface area contributed by atoms with Crippen LogP contribution in [0.15, 0.2) is 48.8 Å². The molecule has 0 atom stereocenters. The van der Waals surface area contributed by atoms with Crippen molar-refractivity contribution in [2.75, 3.05) is 0 Å². The topological polar surface area (TPSA) is 48.1 Å². The second kappa shape index (κ2) is 5.28. The van der Waals surface area contributed by atoms with E-state index in [1.807, 2.05) is 36.4 Å². The molecule has 0 aliphatic carbocycles. The quantitative estimate of drug-likeness (QED) is 0.848. The number of ether oxygens (including phenoxy) is 1. The zero-order valence-corrected chi connectivity index (χ0v) is 8.97. The first-order chi connectivity index (χ1) is 7.90. The number of rotatable bonds is 4. The van der Waals surface area contributed by atoms with Gasteiger partial charge in [-0.3, -0.25) is 4.98 Å². The van der Waals surface area contributed by atoms with E-state index in [9.17, 15) is 0 Å². The lowest BCUT2D eigenvalue weighted by Crippen LogP contribution is -2.05. The lowest BCUT2D eigenvalue weighted by atomic mass is 10.1. The highest BCUT2D eigenvalue weighted by Gasteiger charge is 2.01. The lowest BCUT2D eigenvalue weighted by Gasteiger charge is -2.09. The maximum Gasteiger partial charge on any atom is 0.119 e. The Labute approximate surface area is 94.9 Å². The minimum Gasteiger partial charge on any atom is -0.489 e. The van der Waals surface area contributed by atoms with Crippen molar-refractivity contribution in [2.24, 2.45) is 5.73 Å². The summed E-state index contributed by atoms with van der Waals surface area (Å²) in [5.41, 5.74) is 7.73. The van der Waals surface area contributed by atoms with Gasteiger partial charge in [0.25, 0.3) is 0 Å². The number of hydrogen-bond donors (Lipinski definition) is 1. The highest BCUT2D eigenvalue weighted by Crippen LogP contribution is 2.13. The van der Waals surface area contributed by atoms with Gasteiger partial charge in [0.1, 0.15) is 12.4 Å². The van der Waals surface area contributed by atoms with Crippen LogP contribution in [0.25, 0.3) is 0 Å². The van der Waals surface area contributed by atoms with E-state index in [1.54, 1.807) is 12.4 Å². The molecule has 1 aromatic heterocycles. The Kier molecular flexibility index (Phi) is 3.51. The van der Waals surface area contributed by atoms with Gasteiger partial charge in [-0.25, -0.2) is 0 Å². The number of para-hydroxylation sites is 1. The van der Waals surface area contributed by atoms with Crippen LogP contribution < -0.4 is 10.5 Å². The van der Waals surface area contributed by atoms with Crippen LogP contribution in [0.3, 0.4) is 0 Å². The standard InChI is InChI=1S/C13H14N2O/c14-8-12-9-15-7-6-11(12)10-16-13-4-2-1-3-5-13/h1-7,9H,8,10,14H2. The first kappa shape index (κ1) is 10.6. The molecule has 2 aromatic rings. The SMILES string of the molecule is NCc1cnccc1COc1ccccc1. The first-order valence-electron chi connectivity index (χ1n) is 5.20. The van der Waals surface area contributed by atoms with Crippen LogP contribution in [-0.2, 0) is 13.2 Å². The van der Waals surface area contributed by atoms with Crippen molar-refractivity contribution < 1.29 is 4.74 Å². The fraction of sp³-hybridized carbons (Fsp3) is 0.154. The summed E-state index contributed by atoms with van der Waals surface area (Å²) >= 11 is 0. The van der Waals surface area contributed by atoms with E-state index in [-0.39, 0.29) is 0 Å². The van der Waals surface area contributed by atoms with Gasteiger partial charge in [0, 0.05) is 18.9 Å². The third-order valence-corrected chi connectivity index (χ3v) is 2.36. The Morgan fingerprint density at radius 3 is 2.62 bits per heavy atom. The van der Waals surface area contributed by atoms with Gasteiger partial charge in [0.2, 0.25) is 0 Å². The summed E-state index contributed by atoms with van der Waals surface area (Å²) in [7, 11) is 0. The van der Waals surface area contributed by atoms with Gasteiger partial charge >= 0.3 is 0 Å². The Balaban J connectivity index is 2.05. The zero-order valence-electron chi connectivity index (χ0n) is 8.97. The molecule has 0 radical (unpaired) electrons. The van der Waals surface area contributed by atoms with Crippen molar-refractivity contribution >= 4 is 0 Å². The summed E-state index contributed by atoms with van der Waals surface area (Å²) in [6.45, 7) is 1.01. The average molecular weight is 214 g/mol. The van der Waals surface area contributed by atoms with Crippen molar-refractivity contribution in [2.45, 2.75) is 13.2 Å². The molecule has 0 aliphatic heterocycles. The molecule has 0 saturated heterocycles. The predicted octanol–water partition coefficient (Wildman–Crippen LogP) is 2.12. The van der Waals surface area contributed by atoms with Crippen molar-refractivity contribution in [1.29, 1.82) is 0 Å². The van der Waals surface area contributed by atoms with Gasteiger partial charge < -0.3 is 10.5 Å². The molecule has 82 valence electrons. The molecular formula is C13H14N2O. The highest BCUT2D eigenvalue weighted by atomic mass is 16.5. The molecule has 2 N–H and O–H groups in total. The molecule has 0 spiro atoms. The lowest BCUT2D eigenvalue weighted by molar-refractivity contribution is 0.305. The number of aromatic nitrogens is 1. The molecule has 0 unspecified atom stereocenters. The maximum atomic E-state index is 5.65.